The average molecular weight is 334 g/mol. The highest BCUT2D eigenvalue weighted by atomic mass is 32.2. The fourth-order valence-electron chi connectivity index (χ4n) is 2.34. The van der Waals surface area contributed by atoms with Gasteiger partial charge in [0, 0.05) is 6.07 Å². The van der Waals surface area contributed by atoms with Gasteiger partial charge in [-0.2, -0.15) is 0 Å². The lowest BCUT2D eigenvalue weighted by molar-refractivity contribution is -0.387. The fraction of sp³-hybridized carbons (Fsp3) is 0.250. The Hall–Kier alpha value is -2.41. The minimum atomic E-state index is -4.06. The monoisotopic (exact) mass is 334 g/mol. The molecule has 0 fully saturated rings. The van der Waals surface area contributed by atoms with Gasteiger partial charge in [0.15, 0.2) is 4.90 Å². The smallest absolute Gasteiger partial charge is 0.279 e. The molecule has 0 saturated carbocycles. The van der Waals surface area contributed by atoms with Crippen LogP contribution in [0.25, 0.3) is 0 Å². The van der Waals surface area contributed by atoms with Crippen molar-refractivity contribution in [3.8, 4) is 0 Å². The Labute approximate surface area is 135 Å². The van der Waals surface area contributed by atoms with Gasteiger partial charge in [-0.15, -0.1) is 0 Å². The Balaban J connectivity index is 2.55. The minimum absolute atomic E-state index is 0.110. The maximum absolute atomic E-state index is 12.6. The molecule has 0 bridgehead atoms. The van der Waals surface area contributed by atoms with Gasteiger partial charge in [0.2, 0.25) is 0 Å². The second-order valence-electron chi connectivity index (χ2n) is 5.52. The van der Waals surface area contributed by atoms with E-state index in [-0.39, 0.29) is 10.8 Å². The van der Waals surface area contributed by atoms with Gasteiger partial charge in [0.25, 0.3) is 15.7 Å². The molecule has 1 N–H and O–H groups in total. The molecule has 23 heavy (non-hydrogen) atoms. The number of sulfonamides is 1. The number of benzene rings is 2. The number of hydrogen-bond donors (Lipinski definition) is 1. The van der Waals surface area contributed by atoms with E-state index in [0.29, 0.717) is 5.69 Å². The highest BCUT2D eigenvalue weighted by molar-refractivity contribution is 7.92. The first-order valence-electron chi connectivity index (χ1n) is 7.10. The summed E-state index contributed by atoms with van der Waals surface area (Å²) in [6, 6.07) is 10.8. The van der Waals surface area contributed by atoms with Crippen molar-refractivity contribution in [2.75, 3.05) is 4.72 Å². The van der Waals surface area contributed by atoms with Crippen molar-refractivity contribution in [1.29, 1.82) is 0 Å². The van der Waals surface area contributed by atoms with Crippen molar-refractivity contribution in [2.45, 2.75) is 31.6 Å². The SMILES string of the molecule is Cc1cccc(C(C)C)c1NS(=O)(=O)c1ccccc1[N+](=O)[O-]. The van der Waals surface area contributed by atoms with Crippen LogP contribution < -0.4 is 4.72 Å². The second-order valence-corrected chi connectivity index (χ2v) is 7.17. The molecule has 7 heteroatoms. The molecule has 0 spiro atoms. The molecule has 2 aromatic rings. The summed E-state index contributed by atoms with van der Waals surface area (Å²) >= 11 is 0. The molecule has 0 unspecified atom stereocenters. The van der Waals surface area contributed by atoms with Crippen molar-refractivity contribution in [3.63, 3.8) is 0 Å². The van der Waals surface area contributed by atoms with Crippen LogP contribution in [0.15, 0.2) is 47.4 Å². The summed E-state index contributed by atoms with van der Waals surface area (Å²) in [5.41, 5.74) is 1.63. The third kappa shape index (κ3) is 3.50. The number of nitro benzene ring substituents is 1. The molecule has 0 heterocycles. The van der Waals surface area contributed by atoms with E-state index in [2.05, 4.69) is 4.72 Å². The van der Waals surface area contributed by atoms with E-state index in [4.69, 9.17) is 0 Å². The number of anilines is 1. The highest BCUT2D eigenvalue weighted by Gasteiger charge is 2.26. The second kappa shape index (κ2) is 6.37. The first-order valence-corrected chi connectivity index (χ1v) is 8.58. The van der Waals surface area contributed by atoms with Crippen molar-refractivity contribution in [2.24, 2.45) is 0 Å². The van der Waals surface area contributed by atoms with Crippen molar-refractivity contribution >= 4 is 21.4 Å². The molecule has 0 saturated heterocycles. The molecule has 0 aliphatic rings. The Morgan fingerprint density at radius 1 is 1.09 bits per heavy atom. The van der Waals surface area contributed by atoms with Crippen LogP contribution >= 0.6 is 0 Å². The van der Waals surface area contributed by atoms with Crippen LogP contribution in [0.1, 0.15) is 30.9 Å². The predicted octanol–water partition coefficient (Wildman–Crippen LogP) is 3.83. The van der Waals surface area contributed by atoms with Gasteiger partial charge in [-0.3, -0.25) is 14.8 Å². The van der Waals surface area contributed by atoms with Gasteiger partial charge in [-0.05, 0) is 30.0 Å². The van der Waals surface area contributed by atoms with Crippen LogP contribution in [-0.2, 0) is 10.0 Å². The first kappa shape index (κ1) is 17.0. The normalized spacial score (nSPS) is 11.5. The Kier molecular flexibility index (Phi) is 4.70. The Morgan fingerprint density at radius 2 is 1.74 bits per heavy atom. The third-order valence-electron chi connectivity index (χ3n) is 3.51. The molecular weight excluding hydrogens is 316 g/mol. The van der Waals surface area contributed by atoms with E-state index in [1.165, 1.54) is 24.3 Å². The molecule has 0 radical (unpaired) electrons. The summed E-state index contributed by atoms with van der Waals surface area (Å²) in [4.78, 5) is 10.0. The van der Waals surface area contributed by atoms with E-state index < -0.39 is 20.6 Å². The molecule has 6 nitrogen and oxygen atoms in total. The Bertz CT molecular complexity index is 845. The number of nitro groups is 1. The summed E-state index contributed by atoms with van der Waals surface area (Å²) in [5.74, 6) is 0.110. The lowest BCUT2D eigenvalue weighted by Gasteiger charge is -2.17. The van der Waals surface area contributed by atoms with Gasteiger partial charge in [-0.1, -0.05) is 44.2 Å². The first-order chi connectivity index (χ1) is 10.7. The number of para-hydroxylation sites is 2. The van der Waals surface area contributed by atoms with Gasteiger partial charge < -0.3 is 0 Å². The van der Waals surface area contributed by atoms with Crippen LogP contribution in [0.2, 0.25) is 0 Å². The molecular formula is C16H18N2O4S. The van der Waals surface area contributed by atoms with Crippen LogP contribution in [0, 0.1) is 17.0 Å². The Morgan fingerprint density at radius 3 is 2.35 bits per heavy atom. The lowest BCUT2D eigenvalue weighted by atomic mass is 9.99. The number of aryl methyl sites for hydroxylation is 1. The van der Waals surface area contributed by atoms with Gasteiger partial charge >= 0.3 is 0 Å². The quantitative estimate of drug-likeness (QED) is 0.665. The lowest BCUT2D eigenvalue weighted by Crippen LogP contribution is -2.17. The summed E-state index contributed by atoms with van der Waals surface area (Å²) in [6.45, 7) is 5.71. The van der Waals surface area contributed by atoms with Crippen LogP contribution in [0.5, 0.6) is 0 Å². The topological polar surface area (TPSA) is 89.3 Å². The maximum Gasteiger partial charge on any atom is 0.289 e. The minimum Gasteiger partial charge on any atom is -0.279 e. The summed E-state index contributed by atoms with van der Waals surface area (Å²) in [6.07, 6.45) is 0. The fourth-order valence-corrected chi connectivity index (χ4v) is 3.67. The zero-order chi connectivity index (χ0) is 17.2. The van der Waals surface area contributed by atoms with E-state index in [1.54, 1.807) is 13.0 Å². The van der Waals surface area contributed by atoms with E-state index in [9.17, 15) is 18.5 Å². The zero-order valence-corrected chi connectivity index (χ0v) is 13.9. The molecule has 0 aliphatic heterocycles. The van der Waals surface area contributed by atoms with Gasteiger partial charge in [-0.25, -0.2) is 8.42 Å². The van der Waals surface area contributed by atoms with Crippen LogP contribution in [-0.4, -0.2) is 13.3 Å². The van der Waals surface area contributed by atoms with E-state index in [0.717, 1.165) is 11.1 Å². The molecule has 0 aromatic heterocycles. The highest BCUT2D eigenvalue weighted by Crippen LogP contribution is 2.31. The molecule has 2 rings (SSSR count). The summed E-state index contributed by atoms with van der Waals surface area (Å²) in [5, 5.41) is 11.1. The largest absolute Gasteiger partial charge is 0.289 e. The zero-order valence-electron chi connectivity index (χ0n) is 13.1. The summed E-state index contributed by atoms with van der Waals surface area (Å²) < 4.78 is 27.8. The van der Waals surface area contributed by atoms with Crippen molar-refractivity contribution in [3.05, 3.63) is 63.7 Å². The third-order valence-corrected chi connectivity index (χ3v) is 4.91. The molecule has 0 atom stereocenters. The molecule has 0 aliphatic carbocycles. The number of hydrogen-bond acceptors (Lipinski definition) is 4. The maximum atomic E-state index is 12.6. The standard InChI is InChI=1S/C16H18N2O4S/c1-11(2)13-8-6-7-12(3)16(13)17-23(21,22)15-10-5-4-9-14(15)18(19)20/h4-11,17H,1-3H3. The van der Waals surface area contributed by atoms with Crippen molar-refractivity contribution < 1.29 is 13.3 Å². The molecule has 122 valence electrons. The molecule has 2 aromatic carbocycles. The average Bonchev–Trinajstić information content (AvgIpc) is 2.49. The van der Waals surface area contributed by atoms with Gasteiger partial charge in [0.1, 0.15) is 0 Å². The summed E-state index contributed by atoms with van der Waals surface area (Å²) in [7, 11) is -4.06. The van der Waals surface area contributed by atoms with E-state index in [1.807, 2.05) is 26.0 Å². The van der Waals surface area contributed by atoms with Crippen LogP contribution in [0.4, 0.5) is 11.4 Å². The van der Waals surface area contributed by atoms with Crippen molar-refractivity contribution in [1.82, 2.24) is 0 Å². The number of nitrogens with zero attached hydrogens (tertiary/aromatic N) is 1. The molecule has 0 amide bonds. The number of rotatable bonds is 5. The van der Waals surface area contributed by atoms with E-state index >= 15 is 0 Å². The predicted molar refractivity (Wildman–Crippen MR) is 89.2 cm³/mol. The van der Waals surface area contributed by atoms with Gasteiger partial charge in [0.05, 0.1) is 10.6 Å². The number of nitrogens with one attached hydrogen (secondary N) is 1. The van der Waals surface area contributed by atoms with Crippen LogP contribution in [0.3, 0.4) is 0 Å².